The number of anilines is 1. The second-order valence-corrected chi connectivity index (χ2v) is 8.25. The summed E-state index contributed by atoms with van der Waals surface area (Å²) in [7, 11) is 0. The first kappa shape index (κ1) is 18.6. The van der Waals surface area contributed by atoms with E-state index in [1.807, 2.05) is 12.1 Å². The Bertz CT molecular complexity index is 1080. The number of benzene rings is 2. The molecule has 1 amide bonds. The summed E-state index contributed by atoms with van der Waals surface area (Å²) < 4.78 is 13.3. The highest BCUT2D eigenvalue weighted by atomic mass is 32.1. The average Bonchev–Trinajstić information content (AvgIpc) is 2.89. The van der Waals surface area contributed by atoms with Crippen LogP contribution in [0.25, 0.3) is 0 Å². The molecule has 0 aliphatic carbocycles. The predicted octanol–water partition coefficient (Wildman–Crippen LogP) is 5.20. The van der Waals surface area contributed by atoms with Gasteiger partial charge in [0.15, 0.2) is 0 Å². The summed E-state index contributed by atoms with van der Waals surface area (Å²) in [5.41, 5.74) is 6.15. The highest BCUT2D eigenvalue weighted by Gasteiger charge is 2.30. The monoisotopic (exact) mass is 392 g/mol. The van der Waals surface area contributed by atoms with E-state index in [0.717, 1.165) is 38.5 Å². The first-order valence-corrected chi connectivity index (χ1v) is 10.0. The Morgan fingerprint density at radius 2 is 1.79 bits per heavy atom. The van der Waals surface area contributed by atoms with Gasteiger partial charge in [-0.1, -0.05) is 36.4 Å². The number of amides is 1. The van der Waals surface area contributed by atoms with Crippen LogP contribution in [0.2, 0.25) is 0 Å². The van der Waals surface area contributed by atoms with Crippen molar-refractivity contribution in [3.05, 3.63) is 87.0 Å². The minimum Gasteiger partial charge on any atom is -0.297 e. The Hall–Kier alpha value is -2.79. The number of hydrogen-bond acceptors (Lipinski definition) is 3. The Morgan fingerprint density at radius 3 is 2.50 bits per heavy atom. The summed E-state index contributed by atoms with van der Waals surface area (Å²) in [6, 6.07) is 14.4. The van der Waals surface area contributed by atoms with Gasteiger partial charge in [0.2, 0.25) is 5.91 Å². The van der Waals surface area contributed by atoms with Crippen LogP contribution in [0.5, 0.6) is 0 Å². The van der Waals surface area contributed by atoms with Crippen molar-refractivity contribution in [3.8, 4) is 0 Å². The van der Waals surface area contributed by atoms with Gasteiger partial charge in [0.05, 0.1) is 12.3 Å². The quantitative estimate of drug-likeness (QED) is 0.603. The van der Waals surface area contributed by atoms with Crippen LogP contribution >= 0.6 is 11.3 Å². The lowest BCUT2D eigenvalue weighted by molar-refractivity contribution is -0.117. The number of nitrogens with zero attached hydrogens (tertiary/aromatic N) is 2. The lowest BCUT2D eigenvalue weighted by atomic mass is 9.96. The molecule has 1 aromatic heterocycles. The zero-order valence-electron chi connectivity index (χ0n) is 16.1. The molecule has 2 heterocycles. The number of carbonyl (C=O) groups excluding carboxylic acids is 1. The smallest absolute Gasteiger partial charge is 0.249 e. The van der Waals surface area contributed by atoms with Gasteiger partial charge in [-0.25, -0.2) is 4.39 Å². The van der Waals surface area contributed by atoms with Crippen molar-refractivity contribution in [2.75, 3.05) is 11.4 Å². The Balaban J connectivity index is 1.84. The Labute approximate surface area is 168 Å². The van der Waals surface area contributed by atoms with Gasteiger partial charge < -0.3 is 0 Å². The fraction of sp³-hybridized carbons (Fsp3) is 0.217. The largest absolute Gasteiger partial charge is 0.297 e. The zero-order valence-corrected chi connectivity index (χ0v) is 16.9. The summed E-state index contributed by atoms with van der Waals surface area (Å²) in [6.45, 7) is 6.73. The van der Waals surface area contributed by atoms with Gasteiger partial charge in [-0.05, 0) is 49.6 Å². The van der Waals surface area contributed by atoms with E-state index in [-0.39, 0.29) is 18.3 Å². The fourth-order valence-corrected chi connectivity index (χ4v) is 4.67. The number of rotatable bonds is 3. The van der Waals surface area contributed by atoms with E-state index in [2.05, 4.69) is 32.9 Å². The Morgan fingerprint density at radius 1 is 1.07 bits per heavy atom. The molecule has 0 atom stereocenters. The Kier molecular flexibility index (Phi) is 4.85. The molecule has 142 valence electrons. The van der Waals surface area contributed by atoms with Gasteiger partial charge in [-0.15, -0.1) is 11.3 Å². The van der Waals surface area contributed by atoms with Crippen LogP contribution in [0, 0.1) is 26.6 Å². The van der Waals surface area contributed by atoms with Crippen LogP contribution < -0.4 is 4.90 Å². The average molecular weight is 392 g/mol. The van der Waals surface area contributed by atoms with E-state index in [1.54, 1.807) is 28.4 Å². The fourth-order valence-electron chi connectivity index (χ4n) is 3.49. The number of halogens is 1. The standard InChI is InChI=1S/C23H21FN2OS/c1-14-6-4-5-7-19(14)22-21-15(2)16(3)28-23(21)26(20(27)12-25-22)13-17-8-10-18(24)11-9-17/h4-11H,12-13H2,1-3H3. The minimum absolute atomic E-state index is 0.0459. The maximum absolute atomic E-state index is 13.3. The molecule has 1 aliphatic rings. The van der Waals surface area contributed by atoms with Crippen molar-refractivity contribution in [1.29, 1.82) is 0 Å². The molecule has 1 aliphatic heterocycles. The molecule has 0 fully saturated rings. The first-order valence-electron chi connectivity index (χ1n) is 9.21. The molecule has 0 N–H and O–H groups in total. The molecule has 0 unspecified atom stereocenters. The normalized spacial score (nSPS) is 13.9. The van der Waals surface area contributed by atoms with Crippen molar-refractivity contribution in [3.63, 3.8) is 0 Å². The molecule has 0 saturated carbocycles. The second-order valence-electron chi connectivity index (χ2n) is 7.05. The molecule has 5 heteroatoms. The van der Waals surface area contributed by atoms with Crippen LogP contribution in [0.1, 0.15) is 32.7 Å². The zero-order chi connectivity index (χ0) is 19.8. The molecule has 0 radical (unpaired) electrons. The first-order chi connectivity index (χ1) is 13.5. The molecule has 3 nitrogen and oxygen atoms in total. The van der Waals surface area contributed by atoms with Crippen LogP contribution in [0.3, 0.4) is 0 Å². The maximum Gasteiger partial charge on any atom is 0.249 e. The number of hydrogen-bond donors (Lipinski definition) is 0. The maximum atomic E-state index is 13.3. The summed E-state index contributed by atoms with van der Waals surface area (Å²) in [6.07, 6.45) is 0. The number of thiophene rings is 1. The van der Waals surface area contributed by atoms with E-state index < -0.39 is 0 Å². The van der Waals surface area contributed by atoms with Gasteiger partial charge in [0.1, 0.15) is 17.4 Å². The predicted molar refractivity (Wildman–Crippen MR) is 113 cm³/mol. The molecular weight excluding hydrogens is 371 g/mol. The molecule has 4 rings (SSSR count). The second kappa shape index (κ2) is 7.32. The number of aryl methyl sites for hydroxylation is 2. The molecule has 0 spiro atoms. The van der Waals surface area contributed by atoms with E-state index >= 15 is 0 Å². The SMILES string of the molecule is Cc1ccccc1C1=NCC(=O)N(Cc2ccc(F)cc2)c2sc(C)c(C)c21. The van der Waals surface area contributed by atoms with E-state index in [4.69, 9.17) is 4.99 Å². The molecule has 3 aromatic rings. The van der Waals surface area contributed by atoms with Crippen LogP contribution in [-0.2, 0) is 11.3 Å². The molecule has 28 heavy (non-hydrogen) atoms. The molecule has 0 bridgehead atoms. The van der Waals surface area contributed by atoms with E-state index in [1.165, 1.54) is 17.0 Å². The van der Waals surface area contributed by atoms with Crippen molar-refractivity contribution < 1.29 is 9.18 Å². The van der Waals surface area contributed by atoms with Gasteiger partial charge in [-0.2, -0.15) is 0 Å². The summed E-state index contributed by atoms with van der Waals surface area (Å²) >= 11 is 1.62. The van der Waals surface area contributed by atoms with E-state index in [0.29, 0.717) is 6.54 Å². The van der Waals surface area contributed by atoms with Gasteiger partial charge in [0, 0.05) is 16.0 Å². The topological polar surface area (TPSA) is 32.7 Å². The van der Waals surface area contributed by atoms with Crippen LogP contribution in [0.15, 0.2) is 53.5 Å². The number of fused-ring (bicyclic) bond motifs is 1. The van der Waals surface area contributed by atoms with Gasteiger partial charge in [-0.3, -0.25) is 14.7 Å². The third-order valence-corrected chi connectivity index (χ3v) is 6.41. The summed E-state index contributed by atoms with van der Waals surface area (Å²) in [4.78, 5) is 20.7. The van der Waals surface area contributed by atoms with Crippen LogP contribution in [-0.4, -0.2) is 18.2 Å². The van der Waals surface area contributed by atoms with Gasteiger partial charge in [0.25, 0.3) is 0 Å². The van der Waals surface area contributed by atoms with Crippen LogP contribution in [0.4, 0.5) is 9.39 Å². The highest BCUT2D eigenvalue weighted by Crippen LogP contribution is 2.39. The highest BCUT2D eigenvalue weighted by molar-refractivity contribution is 7.17. The summed E-state index contributed by atoms with van der Waals surface area (Å²) in [5, 5.41) is 0.920. The van der Waals surface area contributed by atoms with Crippen molar-refractivity contribution >= 4 is 28.0 Å². The molecular formula is C23H21FN2OS. The lowest BCUT2D eigenvalue weighted by Crippen LogP contribution is -2.31. The van der Waals surface area contributed by atoms with Crippen molar-refractivity contribution in [1.82, 2.24) is 0 Å². The van der Waals surface area contributed by atoms with E-state index in [9.17, 15) is 9.18 Å². The molecule has 2 aromatic carbocycles. The molecule has 0 saturated heterocycles. The minimum atomic E-state index is -0.278. The summed E-state index contributed by atoms with van der Waals surface area (Å²) in [5.74, 6) is -0.324. The number of carbonyl (C=O) groups is 1. The van der Waals surface area contributed by atoms with Gasteiger partial charge >= 0.3 is 0 Å². The van der Waals surface area contributed by atoms with Crippen molar-refractivity contribution in [2.45, 2.75) is 27.3 Å². The third-order valence-electron chi connectivity index (χ3n) is 5.18. The number of aliphatic imine (C=N–C) groups is 1. The van der Waals surface area contributed by atoms with Crippen molar-refractivity contribution in [2.24, 2.45) is 4.99 Å². The third kappa shape index (κ3) is 3.27. The lowest BCUT2D eigenvalue weighted by Gasteiger charge is -2.21.